The lowest BCUT2D eigenvalue weighted by Crippen LogP contribution is -2.50. The van der Waals surface area contributed by atoms with Gasteiger partial charge in [0.15, 0.2) is 9.84 Å². The number of sulfone groups is 1. The summed E-state index contributed by atoms with van der Waals surface area (Å²) in [6.45, 7) is 14.6. The molecule has 0 aromatic heterocycles. The Morgan fingerprint density at radius 1 is 1.00 bits per heavy atom. The van der Waals surface area contributed by atoms with Gasteiger partial charge >= 0.3 is 5.97 Å². The highest BCUT2D eigenvalue weighted by molar-refractivity contribution is 7.94. The van der Waals surface area contributed by atoms with Crippen LogP contribution in [0.4, 0.5) is 0 Å². The van der Waals surface area contributed by atoms with E-state index in [1.54, 1.807) is 36.4 Å². The lowest BCUT2D eigenvalue weighted by atomic mass is 10.2. The molecule has 1 unspecified atom stereocenters. The molecule has 33 heavy (non-hydrogen) atoms. The molecule has 1 aromatic carbocycles. The van der Waals surface area contributed by atoms with Gasteiger partial charge in [0.1, 0.15) is 0 Å². The van der Waals surface area contributed by atoms with Gasteiger partial charge in [-0.3, -0.25) is 4.79 Å². The summed E-state index contributed by atoms with van der Waals surface area (Å²) in [7, 11) is -4.34. The minimum absolute atomic E-state index is 0.237. The first kappa shape index (κ1) is 29.5. The van der Waals surface area contributed by atoms with Crippen LogP contribution in [-0.2, 0) is 23.8 Å². The van der Waals surface area contributed by atoms with Crippen molar-refractivity contribution < 1.29 is 22.4 Å². The number of esters is 1. The molecule has 0 aliphatic heterocycles. The molecule has 0 amide bonds. The van der Waals surface area contributed by atoms with Crippen LogP contribution in [0.15, 0.2) is 46.7 Å². The number of carbonyl (C=O) groups excluding carboxylic acids is 1. The molecule has 188 valence electrons. The average molecular weight is 498 g/mol. The average Bonchev–Trinajstić information content (AvgIpc) is 2.76. The normalized spacial score (nSPS) is 13.9. The van der Waals surface area contributed by atoms with Crippen molar-refractivity contribution in [2.24, 2.45) is 0 Å². The van der Waals surface area contributed by atoms with Gasteiger partial charge in [-0.2, -0.15) is 0 Å². The predicted octanol–water partition coefficient (Wildman–Crippen LogP) is 5.47. The van der Waals surface area contributed by atoms with Gasteiger partial charge in [-0.1, -0.05) is 59.7 Å². The third kappa shape index (κ3) is 9.00. The summed E-state index contributed by atoms with van der Waals surface area (Å²) in [5, 5.41) is 4.55. The monoisotopic (exact) mass is 497 g/mol. The Labute approximate surface area is 202 Å². The number of carbonyl (C=O) groups is 1. The van der Waals surface area contributed by atoms with Crippen LogP contribution in [0.3, 0.4) is 0 Å². The summed E-state index contributed by atoms with van der Waals surface area (Å²) in [6, 6.07) is 8.47. The molecule has 0 aliphatic carbocycles. The van der Waals surface area contributed by atoms with E-state index in [2.05, 4.69) is 51.6 Å². The van der Waals surface area contributed by atoms with Gasteiger partial charge in [0.05, 0.1) is 24.5 Å². The number of ether oxygens (including phenoxy) is 1. The van der Waals surface area contributed by atoms with Gasteiger partial charge in [-0.15, -0.1) is 0 Å². The lowest BCUT2D eigenvalue weighted by Gasteiger charge is -2.44. The molecule has 1 rings (SSSR count). The second-order valence-electron chi connectivity index (χ2n) is 9.38. The van der Waals surface area contributed by atoms with E-state index in [1.165, 1.54) is 12.5 Å². The number of hydrogen-bond acceptors (Lipinski definition) is 6. The molecule has 8 heteroatoms. The quantitative estimate of drug-likeness (QED) is 0.197. The molecule has 0 bridgehead atoms. The maximum absolute atomic E-state index is 12.8. The van der Waals surface area contributed by atoms with Gasteiger partial charge < -0.3 is 14.5 Å². The second kappa shape index (κ2) is 14.0. The molecule has 6 nitrogen and oxygen atoms in total. The molecule has 0 spiro atoms. The van der Waals surface area contributed by atoms with E-state index in [-0.39, 0.29) is 17.0 Å². The first-order chi connectivity index (χ1) is 15.5. The van der Waals surface area contributed by atoms with E-state index in [9.17, 15) is 13.2 Å². The maximum atomic E-state index is 12.8. The van der Waals surface area contributed by atoms with E-state index < -0.39 is 18.2 Å². The number of methoxy groups -OCH3 is 1. The Morgan fingerprint density at radius 3 is 2.09 bits per heavy atom. The van der Waals surface area contributed by atoms with Crippen molar-refractivity contribution >= 4 is 24.1 Å². The van der Waals surface area contributed by atoms with E-state index in [0.29, 0.717) is 36.0 Å². The molecule has 0 saturated heterocycles. The smallest absolute Gasteiger partial charge is 0.306 e. The molecule has 0 aliphatic rings. The SMILES string of the molecule is COC(=O)CCNCCCC(/C=C/S(=O)(=O)c1ccccc1)O[Si](C(C)C)(C(C)C)C(C)C. The van der Waals surface area contributed by atoms with E-state index >= 15 is 0 Å². The van der Waals surface area contributed by atoms with Crippen molar-refractivity contribution in [2.45, 2.75) is 88.4 Å². The van der Waals surface area contributed by atoms with Crippen molar-refractivity contribution in [2.75, 3.05) is 20.2 Å². The molecule has 1 atom stereocenters. The van der Waals surface area contributed by atoms with Crippen molar-refractivity contribution in [1.29, 1.82) is 0 Å². The molecule has 0 heterocycles. The highest BCUT2D eigenvalue weighted by Crippen LogP contribution is 2.43. The topological polar surface area (TPSA) is 81.7 Å². The Hall–Kier alpha value is -1.48. The van der Waals surface area contributed by atoms with Crippen LogP contribution in [0.5, 0.6) is 0 Å². The zero-order valence-electron chi connectivity index (χ0n) is 21.3. The van der Waals surface area contributed by atoms with Crippen LogP contribution in [-0.4, -0.2) is 49.0 Å². The van der Waals surface area contributed by atoms with Gasteiger partial charge in [0.2, 0.25) is 8.32 Å². The van der Waals surface area contributed by atoms with Crippen LogP contribution < -0.4 is 5.32 Å². The van der Waals surface area contributed by atoms with Gasteiger partial charge in [-0.25, -0.2) is 8.42 Å². The minimum Gasteiger partial charge on any atom is -0.469 e. The van der Waals surface area contributed by atoms with Gasteiger partial charge in [-0.05, 0) is 54.2 Å². The Kier molecular flexibility index (Phi) is 12.6. The highest BCUT2D eigenvalue weighted by Gasteiger charge is 2.46. The van der Waals surface area contributed by atoms with Crippen LogP contribution in [0.1, 0.15) is 60.8 Å². The van der Waals surface area contributed by atoms with Crippen LogP contribution >= 0.6 is 0 Å². The zero-order valence-corrected chi connectivity index (χ0v) is 23.2. The zero-order chi connectivity index (χ0) is 25.1. The lowest BCUT2D eigenvalue weighted by molar-refractivity contribution is -0.140. The molecule has 0 radical (unpaired) electrons. The minimum atomic E-state index is -3.54. The summed E-state index contributed by atoms with van der Waals surface area (Å²) in [6.07, 6.45) is 3.28. The van der Waals surface area contributed by atoms with Gasteiger partial charge in [0.25, 0.3) is 0 Å². The number of hydrogen-bond donors (Lipinski definition) is 1. The summed E-state index contributed by atoms with van der Waals surface area (Å²) in [5.41, 5.74) is 1.20. The fourth-order valence-electron chi connectivity index (χ4n) is 4.59. The maximum Gasteiger partial charge on any atom is 0.306 e. The largest absolute Gasteiger partial charge is 0.469 e. The molecule has 0 saturated carbocycles. The predicted molar refractivity (Wildman–Crippen MR) is 137 cm³/mol. The summed E-state index contributed by atoms with van der Waals surface area (Å²) < 4.78 is 37.2. The van der Waals surface area contributed by atoms with Crippen LogP contribution in [0.2, 0.25) is 16.6 Å². The third-order valence-corrected chi connectivity index (χ3v) is 13.8. The summed E-state index contributed by atoms with van der Waals surface area (Å²) in [5.74, 6) is -0.237. The molecular weight excluding hydrogens is 454 g/mol. The Bertz CT molecular complexity index is 816. The fraction of sp³-hybridized carbons (Fsp3) is 0.640. The van der Waals surface area contributed by atoms with E-state index in [1.807, 2.05) is 0 Å². The summed E-state index contributed by atoms with van der Waals surface area (Å²) >= 11 is 0. The standard InChI is InChI=1S/C25H43NO5SSi/c1-20(2)33(21(3)4,22(5)6)31-23(12-11-17-26-18-15-25(27)30-7)16-19-32(28,29)24-13-9-8-10-14-24/h8-10,13-14,16,19-23,26H,11-12,15,17-18H2,1-7H3/b19-16+. The van der Waals surface area contributed by atoms with E-state index in [4.69, 9.17) is 4.43 Å². The highest BCUT2D eigenvalue weighted by atomic mass is 32.2. The van der Waals surface area contributed by atoms with Crippen molar-refractivity contribution in [3.8, 4) is 0 Å². The molecular formula is C25H43NO5SSi. The first-order valence-corrected chi connectivity index (χ1v) is 15.6. The first-order valence-electron chi connectivity index (χ1n) is 11.9. The second-order valence-corrected chi connectivity index (χ2v) is 16.6. The number of nitrogens with one attached hydrogen (secondary N) is 1. The molecule has 1 N–H and O–H groups in total. The Morgan fingerprint density at radius 2 is 1.58 bits per heavy atom. The third-order valence-electron chi connectivity index (χ3n) is 6.18. The van der Waals surface area contributed by atoms with Crippen molar-refractivity contribution in [1.82, 2.24) is 5.32 Å². The van der Waals surface area contributed by atoms with Crippen LogP contribution in [0, 0.1) is 0 Å². The fourth-order valence-corrected chi connectivity index (χ4v) is 11.2. The molecule has 0 fully saturated rings. The van der Waals surface area contributed by atoms with E-state index in [0.717, 1.165) is 13.0 Å². The Balaban J connectivity index is 3.01. The van der Waals surface area contributed by atoms with Crippen molar-refractivity contribution in [3.05, 3.63) is 41.8 Å². The van der Waals surface area contributed by atoms with Crippen molar-refractivity contribution in [3.63, 3.8) is 0 Å². The number of benzene rings is 1. The van der Waals surface area contributed by atoms with Crippen LogP contribution in [0.25, 0.3) is 0 Å². The number of rotatable bonds is 15. The van der Waals surface area contributed by atoms with Gasteiger partial charge in [0, 0.05) is 12.0 Å². The molecule has 1 aromatic rings. The summed E-state index contributed by atoms with van der Waals surface area (Å²) in [4.78, 5) is 11.5.